The number of primary amides is 1. The number of hydrogen-bond donors (Lipinski definition) is 10. The topological polar surface area (TPSA) is 313 Å². The summed E-state index contributed by atoms with van der Waals surface area (Å²) in [5, 5.41) is 29.0. The molecule has 20 heteroatoms. The molecule has 0 radical (unpaired) electrons. The highest BCUT2D eigenvalue weighted by molar-refractivity contribution is 6.01. The molecule has 1 saturated carbocycles. The zero-order valence-corrected chi connectivity index (χ0v) is 33.9. The first-order chi connectivity index (χ1) is 27.8. The summed E-state index contributed by atoms with van der Waals surface area (Å²) >= 11 is 0. The lowest BCUT2D eigenvalue weighted by molar-refractivity contribution is -0.141. The molecule has 1 aliphatic carbocycles. The summed E-state index contributed by atoms with van der Waals surface area (Å²) < 4.78 is 0. The fraction of sp³-hybridized carbons (Fsp3) is 0.538. The maximum Gasteiger partial charge on any atom is 0.326 e. The van der Waals surface area contributed by atoms with Crippen LogP contribution in [0.4, 0.5) is 0 Å². The molecule has 0 aliphatic heterocycles. The van der Waals surface area contributed by atoms with E-state index in [1.807, 2.05) is 0 Å². The molecule has 11 N–H and O–H groups in total. The van der Waals surface area contributed by atoms with Gasteiger partial charge in [0.15, 0.2) is 0 Å². The van der Waals surface area contributed by atoms with Crippen molar-refractivity contribution >= 4 is 59.1 Å². The van der Waals surface area contributed by atoms with Crippen LogP contribution in [-0.2, 0) is 54.4 Å². The van der Waals surface area contributed by atoms with Crippen molar-refractivity contribution in [3.05, 3.63) is 48.0 Å². The maximum atomic E-state index is 13.6. The Morgan fingerprint density at radius 2 is 1.29 bits per heavy atom. The lowest BCUT2D eigenvalue weighted by Crippen LogP contribution is -2.60. The van der Waals surface area contributed by atoms with Crippen LogP contribution in [0.5, 0.6) is 0 Å². The van der Waals surface area contributed by atoms with Crippen LogP contribution >= 0.6 is 0 Å². The lowest BCUT2D eigenvalue weighted by atomic mass is 9.83. The zero-order chi connectivity index (χ0) is 44.2. The van der Waals surface area contributed by atoms with E-state index in [0.29, 0.717) is 18.4 Å². The van der Waals surface area contributed by atoms with E-state index in [9.17, 15) is 53.1 Å². The fourth-order valence-electron chi connectivity index (χ4n) is 6.10. The Kier molecular flexibility index (Phi) is 20.2. The van der Waals surface area contributed by atoms with Crippen molar-refractivity contribution < 1.29 is 53.1 Å². The Morgan fingerprint density at radius 3 is 1.85 bits per heavy atom. The number of carboxylic acid groups (broad SMARTS) is 1. The number of carboxylic acids is 1. The standard InChI is InChI=1S/C39H57N9O11/c1-21(2)32(34(40)53)47-36(55)23(4)44-38(57)33(26-14-10-7-11-15-26)48-37(56)28(19-41-24(5)49)46-30(51)17-16-29(50)43-22(3)35(54)42-20-31(52)45-27(39(58)59)18-25-12-8-6-9-13-25/h6,8-9,12-13,16-17,21-23,26-28,32-33H,7,10-11,14-15,18-20H2,1-5H3,(H2,40,53)(H,41,49)(H,42,54)(H,43,50)(H,44,57)(H,45,52)(H,46,51)(H,47,55)(H,48,56)(H,58,59)/b17-16+/t22-,23-,27-,28-,32-,33-/m0/s1. The number of hydrogen-bond acceptors (Lipinski definition) is 10. The molecule has 59 heavy (non-hydrogen) atoms. The second kappa shape index (κ2) is 24.4. The van der Waals surface area contributed by atoms with Crippen LogP contribution in [0.2, 0.25) is 0 Å². The van der Waals surface area contributed by atoms with Crippen molar-refractivity contribution in [2.75, 3.05) is 13.1 Å². The van der Waals surface area contributed by atoms with Crippen LogP contribution < -0.4 is 48.3 Å². The highest BCUT2D eigenvalue weighted by Crippen LogP contribution is 2.27. The number of amides is 9. The van der Waals surface area contributed by atoms with Crippen molar-refractivity contribution in [2.24, 2.45) is 17.6 Å². The molecule has 2 rings (SSSR count). The van der Waals surface area contributed by atoms with Gasteiger partial charge < -0.3 is 53.4 Å². The van der Waals surface area contributed by atoms with Crippen molar-refractivity contribution in [3.63, 3.8) is 0 Å². The normalized spacial score (nSPS) is 15.8. The van der Waals surface area contributed by atoms with Crippen LogP contribution in [0, 0.1) is 11.8 Å². The predicted molar refractivity (Wildman–Crippen MR) is 212 cm³/mol. The molecule has 6 atom stereocenters. The van der Waals surface area contributed by atoms with Gasteiger partial charge in [-0.05, 0) is 44.1 Å². The van der Waals surface area contributed by atoms with Crippen molar-refractivity contribution in [2.45, 2.75) is 109 Å². The largest absolute Gasteiger partial charge is 0.480 e. The van der Waals surface area contributed by atoms with Crippen molar-refractivity contribution in [1.82, 2.24) is 42.5 Å². The molecule has 0 heterocycles. The molecule has 0 bridgehead atoms. The second-order valence-corrected chi connectivity index (χ2v) is 14.7. The fourth-order valence-corrected chi connectivity index (χ4v) is 6.10. The summed E-state index contributed by atoms with van der Waals surface area (Å²) in [5.41, 5.74) is 6.08. The molecule has 9 amide bonds. The third-order valence-electron chi connectivity index (χ3n) is 9.39. The van der Waals surface area contributed by atoms with Gasteiger partial charge in [0.1, 0.15) is 36.3 Å². The van der Waals surface area contributed by atoms with Gasteiger partial charge in [-0.3, -0.25) is 43.2 Å². The number of carbonyl (C=O) groups is 10. The van der Waals surface area contributed by atoms with Crippen LogP contribution in [0.25, 0.3) is 0 Å². The van der Waals surface area contributed by atoms with E-state index in [1.165, 1.54) is 20.8 Å². The molecule has 1 aliphatic rings. The number of rotatable bonds is 22. The van der Waals surface area contributed by atoms with Gasteiger partial charge in [0.2, 0.25) is 53.2 Å². The van der Waals surface area contributed by atoms with E-state index in [1.54, 1.807) is 44.2 Å². The average molecular weight is 828 g/mol. The summed E-state index contributed by atoms with van der Waals surface area (Å²) in [5.74, 6) is -8.77. The Morgan fingerprint density at radius 1 is 0.695 bits per heavy atom. The van der Waals surface area contributed by atoms with Gasteiger partial charge in [0.25, 0.3) is 0 Å². The minimum atomic E-state index is -1.43. The van der Waals surface area contributed by atoms with E-state index in [4.69, 9.17) is 5.73 Å². The van der Waals surface area contributed by atoms with Gasteiger partial charge in [-0.15, -0.1) is 0 Å². The summed E-state index contributed by atoms with van der Waals surface area (Å²) in [6.07, 6.45) is 5.24. The molecule has 324 valence electrons. The third-order valence-corrected chi connectivity index (χ3v) is 9.39. The first-order valence-electron chi connectivity index (χ1n) is 19.4. The quantitative estimate of drug-likeness (QED) is 0.0559. The monoisotopic (exact) mass is 827 g/mol. The molecule has 0 aromatic heterocycles. The molecule has 20 nitrogen and oxygen atoms in total. The molecule has 1 aromatic rings. The summed E-state index contributed by atoms with van der Waals surface area (Å²) in [7, 11) is 0. The third kappa shape index (κ3) is 17.8. The summed E-state index contributed by atoms with van der Waals surface area (Å²) in [6, 6.07) is 1.51. The van der Waals surface area contributed by atoms with Gasteiger partial charge in [-0.25, -0.2) is 4.79 Å². The molecule has 1 aromatic carbocycles. The van der Waals surface area contributed by atoms with Crippen LogP contribution in [0.3, 0.4) is 0 Å². The van der Waals surface area contributed by atoms with Gasteiger partial charge in [0, 0.05) is 32.0 Å². The Hall–Kier alpha value is -6.34. The molecule has 0 spiro atoms. The maximum absolute atomic E-state index is 13.6. The SMILES string of the molecule is CC(=O)NC[C@H](NC(=O)/C=C/C(=O)N[C@@H](C)C(=O)NCC(=O)N[C@@H](Cc1ccccc1)C(=O)O)C(=O)N[C@H](C(=O)N[C@@H](C)C(=O)N[C@H](C(N)=O)C(C)C)C1CCCCC1. The molecule has 0 saturated heterocycles. The van der Waals surface area contributed by atoms with E-state index >= 15 is 0 Å². The van der Waals surface area contributed by atoms with Crippen molar-refractivity contribution in [3.8, 4) is 0 Å². The summed E-state index contributed by atoms with van der Waals surface area (Å²) in [4.78, 5) is 126. The Balaban J connectivity index is 2.03. The number of nitrogens with two attached hydrogens (primary N) is 1. The summed E-state index contributed by atoms with van der Waals surface area (Å²) in [6.45, 7) is 6.32. The minimum absolute atomic E-state index is 0.0144. The smallest absolute Gasteiger partial charge is 0.326 e. The first-order valence-corrected chi connectivity index (χ1v) is 19.4. The average Bonchev–Trinajstić information content (AvgIpc) is 3.18. The van der Waals surface area contributed by atoms with Gasteiger partial charge in [0.05, 0.1) is 6.54 Å². The molecule has 0 unspecified atom stereocenters. The van der Waals surface area contributed by atoms with Gasteiger partial charge >= 0.3 is 5.97 Å². The molecular weight excluding hydrogens is 770 g/mol. The number of benzene rings is 1. The van der Waals surface area contributed by atoms with Crippen LogP contribution in [0.15, 0.2) is 42.5 Å². The number of nitrogens with one attached hydrogen (secondary N) is 8. The van der Waals surface area contributed by atoms with Gasteiger partial charge in [-0.2, -0.15) is 0 Å². The lowest BCUT2D eigenvalue weighted by Gasteiger charge is -2.32. The Labute approximate surface area is 342 Å². The number of aliphatic carboxylic acids is 1. The van der Waals surface area contributed by atoms with E-state index in [0.717, 1.165) is 31.4 Å². The predicted octanol–water partition coefficient (Wildman–Crippen LogP) is -2.21. The second-order valence-electron chi connectivity index (χ2n) is 14.7. The van der Waals surface area contributed by atoms with Crippen LogP contribution in [-0.4, -0.2) is 114 Å². The molecule has 1 fully saturated rings. The van der Waals surface area contributed by atoms with E-state index in [2.05, 4.69) is 42.5 Å². The van der Waals surface area contributed by atoms with E-state index in [-0.39, 0.29) is 18.3 Å². The van der Waals surface area contributed by atoms with Crippen molar-refractivity contribution in [1.29, 1.82) is 0 Å². The molecular formula is C39H57N9O11. The first kappa shape index (κ1) is 48.8. The Bertz CT molecular complexity index is 1710. The highest BCUT2D eigenvalue weighted by atomic mass is 16.4. The number of carbonyl (C=O) groups excluding carboxylic acids is 9. The van der Waals surface area contributed by atoms with Gasteiger partial charge in [-0.1, -0.05) is 63.4 Å². The zero-order valence-electron chi connectivity index (χ0n) is 33.9. The highest BCUT2D eigenvalue weighted by Gasteiger charge is 2.35. The van der Waals surface area contributed by atoms with Crippen LogP contribution in [0.1, 0.15) is 72.3 Å². The van der Waals surface area contributed by atoms with E-state index < -0.39 is 108 Å². The minimum Gasteiger partial charge on any atom is -0.480 e.